The number of aryl methyl sites for hydroxylation is 1. The molecule has 92 valence electrons. The molecular weight excluding hydrogens is 218 g/mol. The molecule has 2 aliphatic heterocycles. The van der Waals surface area contributed by atoms with Crippen LogP contribution in [0.25, 0.3) is 0 Å². The molecule has 0 spiro atoms. The third kappa shape index (κ3) is 1.65. The van der Waals surface area contributed by atoms with Gasteiger partial charge in [-0.25, -0.2) is 0 Å². The maximum atomic E-state index is 12.4. The highest BCUT2D eigenvalue weighted by atomic mass is 16.5. The summed E-state index contributed by atoms with van der Waals surface area (Å²) in [6.45, 7) is 5.86. The number of carbonyl (C=O) groups excluding carboxylic acids is 1. The maximum Gasteiger partial charge on any atom is 0.293 e. The summed E-state index contributed by atoms with van der Waals surface area (Å²) < 4.78 is 5.07. The number of rotatable bonds is 1. The van der Waals surface area contributed by atoms with E-state index in [1.807, 2.05) is 11.8 Å². The predicted octanol–water partition coefficient (Wildman–Crippen LogP) is 0.805. The number of aromatic nitrogens is 1. The molecule has 3 rings (SSSR count). The highest BCUT2D eigenvalue weighted by Gasteiger charge is 2.45. The molecule has 1 N–H and O–H groups in total. The third-order valence-corrected chi connectivity index (χ3v) is 3.85. The Hall–Kier alpha value is -1.36. The zero-order chi connectivity index (χ0) is 12.0. The van der Waals surface area contributed by atoms with Gasteiger partial charge < -0.3 is 14.7 Å². The van der Waals surface area contributed by atoms with E-state index in [9.17, 15) is 4.79 Å². The molecule has 3 unspecified atom stereocenters. The highest BCUT2D eigenvalue weighted by molar-refractivity contribution is 5.92. The number of likely N-dealkylation sites (tertiary alicyclic amines) is 1. The third-order valence-electron chi connectivity index (χ3n) is 3.85. The Labute approximate surface area is 100 Å². The van der Waals surface area contributed by atoms with Crippen LogP contribution in [0.4, 0.5) is 0 Å². The van der Waals surface area contributed by atoms with Crippen molar-refractivity contribution in [3.63, 3.8) is 0 Å². The first-order valence-electron chi connectivity index (χ1n) is 6.13. The maximum absolute atomic E-state index is 12.4. The lowest BCUT2D eigenvalue weighted by Gasteiger charge is -2.26. The molecule has 0 bridgehead atoms. The number of amides is 1. The van der Waals surface area contributed by atoms with Gasteiger partial charge in [0.2, 0.25) is 5.76 Å². The molecule has 1 aromatic heterocycles. The first-order valence-corrected chi connectivity index (χ1v) is 6.13. The Morgan fingerprint density at radius 1 is 1.59 bits per heavy atom. The molecule has 5 nitrogen and oxygen atoms in total. The first kappa shape index (κ1) is 10.8. The van der Waals surface area contributed by atoms with Gasteiger partial charge in [0.25, 0.3) is 5.91 Å². The molecule has 5 heteroatoms. The Morgan fingerprint density at radius 2 is 2.41 bits per heavy atom. The fourth-order valence-corrected chi connectivity index (χ4v) is 3.11. The molecule has 0 saturated carbocycles. The van der Waals surface area contributed by atoms with Crippen LogP contribution in [0.2, 0.25) is 0 Å². The molecule has 17 heavy (non-hydrogen) atoms. The van der Waals surface area contributed by atoms with Gasteiger partial charge in [-0.2, -0.15) is 0 Å². The van der Waals surface area contributed by atoms with E-state index in [0.29, 0.717) is 23.8 Å². The van der Waals surface area contributed by atoms with Crippen LogP contribution in [0.1, 0.15) is 29.6 Å². The van der Waals surface area contributed by atoms with E-state index < -0.39 is 0 Å². The zero-order valence-electron chi connectivity index (χ0n) is 10.1. The number of carbonyl (C=O) groups is 1. The average Bonchev–Trinajstić information content (AvgIpc) is 2.92. The number of nitrogens with zero attached hydrogens (tertiary/aromatic N) is 2. The minimum Gasteiger partial charge on any atom is -0.351 e. The minimum absolute atomic E-state index is 0.0192. The average molecular weight is 235 g/mol. The van der Waals surface area contributed by atoms with Gasteiger partial charge in [0.1, 0.15) is 0 Å². The van der Waals surface area contributed by atoms with E-state index >= 15 is 0 Å². The second-order valence-corrected chi connectivity index (χ2v) is 5.12. The van der Waals surface area contributed by atoms with E-state index in [2.05, 4.69) is 17.4 Å². The van der Waals surface area contributed by atoms with Gasteiger partial charge in [-0.15, -0.1) is 0 Å². The fourth-order valence-electron chi connectivity index (χ4n) is 3.11. The van der Waals surface area contributed by atoms with Crippen molar-refractivity contribution in [3.8, 4) is 0 Å². The fraction of sp³-hybridized carbons (Fsp3) is 0.667. The highest BCUT2D eigenvalue weighted by Crippen LogP contribution is 2.33. The molecule has 1 aromatic rings. The Balaban J connectivity index is 1.85. The summed E-state index contributed by atoms with van der Waals surface area (Å²) >= 11 is 0. The molecule has 2 saturated heterocycles. The summed E-state index contributed by atoms with van der Waals surface area (Å²) in [4.78, 5) is 14.3. The van der Waals surface area contributed by atoms with E-state index in [0.717, 1.165) is 25.2 Å². The smallest absolute Gasteiger partial charge is 0.293 e. The molecule has 3 atom stereocenters. The van der Waals surface area contributed by atoms with Crippen molar-refractivity contribution >= 4 is 5.91 Å². The summed E-state index contributed by atoms with van der Waals surface area (Å²) in [5, 5.41) is 7.13. The van der Waals surface area contributed by atoms with Crippen molar-refractivity contribution in [2.24, 2.45) is 5.92 Å². The van der Waals surface area contributed by atoms with Crippen molar-refractivity contribution in [3.05, 3.63) is 17.5 Å². The van der Waals surface area contributed by atoms with Crippen LogP contribution >= 0.6 is 0 Å². The zero-order valence-corrected chi connectivity index (χ0v) is 10.1. The molecule has 2 fully saturated rings. The van der Waals surface area contributed by atoms with Gasteiger partial charge in [-0.1, -0.05) is 5.16 Å². The van der Waals surface area contributed by atoms with Crippen LogP contribution in [-0.2, 0) is 0 Å². The van der Waals surface area contributed by atoms with Crippen molar-refractivity contribution in [2.75, 3.05) is 13.1 Å². The van der Waals surface area contributed by atoms with Crippen molar-refractivity contribution in [2.45, 2.75) is 32.4 Å². The van der Waals surface area contributed by atoms with Crippen LogP contribution in [0.5, 0.6) is 0 Å². The largest absolute Gasteiger partial charge is 0.351 e. The van der Waals surface area contributed by atoms with E-state index in [1.54, 1.807) is 6.07 Å². The summed E-state index contributed by atoms with van der Waals surface area (Å²) in [6, 6.07) is 2.33. The Bertz CT molecular complexity index is 443. The van der Waals surface area contributed by atoms with Gasteiger partial charge in [0.05, 0.1) is 5.69 Å². The quantitative estimate of drug-likeness (QED) is 0.782. The lowest BCUT2D eigenvalue weighted by atomic mass is 10.0. The van der Waals surface area contributed by atoms with Crippen molar-refractivity contribution in [1.29, 1.82) is 0 Å². The van der Waals surface area contributed by atoms with Crippen molar-refractivity contribution in [1.82, 2.24) is 15.4 Å². The lowest BCUT2D eigenvalue weighted by Crippen LogP contribution is -2.42. The first-order chi connectivity index (χ1) is 8.16. The minimum atomic E-state index is -0.0192. The van der Waals surface area contributed by atoms with E-state index in [4.69, 9.17) is 4.52 Å². The molecule has 0 aliphatic carbocycles. The standard InChI is InChI=1S/C12H17N3O2/c1-7-3-11(17-14-7)12(16)15-8(2)4-9-5-13-6-10(9)15/h3,8-10,13H,4-6H2,1-2H3. The monoisotopic (exact) mass is 235 g/mol. The van der Waals surface area contributed by atoms with Crippen LogP contribution < -0.4 is 5.32 Å². The van der Waals surface area contributed by atoms with Gasteiger partial charge in [0.15, 0.2) is 0 Å². The van der Waals surface area contributed by atoms with Gasteiger partial charge >= 0.3 is 0 Å². The number of nitrogens with one attached hydrogen (secondary N) is 1. The SMILES string of the molecule is Cc1cc(C(=O)N2C(C)CC3CNCC32)on1. The molecule has 0 aromatic carbocycles. The van der Waals surface area contributed by atoms with Crippen LogP contribution in [0, 0.1) is 12.8 Å². The summed E-state index contributed by atoms with van der Waals surface area (Å²) in [6.07, 6.45) is 1.08. The number of fused-ring (bicyclic) bond motifs is 1. The molecule has 0 radical (unpaired) electrons. The van der Waals surface area contributed by atoms with Crippen LogP contribution in [0.3, 0.4) is 0 Å². The Kier molecular flexibility index (Phi) is 2.43. The number of hydrogen-bond donors (Lipinski definition) is 1. The van der Waals surface area contributed by atoms with E-state index in [-0.39, 0.29) is 5.91 Å². The van der Waals surface area contributed by atoms with E-state index in [1.165, 1.54) is 0 Å². The second-order valence-electron chi connectivity index (χ2n) is 5.12. The van der Waals surface area contributed by atoms with Gasteiger partial charge in [-0.3, -0.25) is 4.79 Å². The normalized spacial score (nSPS) is 31.9. The summed E-state index contributed by atoms with van der Waals surface area (Å²) in [5.41, 5.74) is 0.751. The molecule has 1 amide bonds. The Morgan fingerprint density at radius 3 is 3.12 bits per heavy atom. The molecule has 3 heterocycles. The van der Waals surface area contributed by atoms with Crippen LogP contribution in [0.15, 0.2) is 10.6 Å². The number of hydrogen-bond acceptors (Lipinski definition) is 4. The predicted molar refractivity (Wildman–Crippen MR) is 61.6 cm³/mol. The van der Waals surface area contributed by atoms with Gasteiger partial charge in [-0.05, 0) is 26.2 Å². The van der Waals surface area contributed by atoms with Gasteiger partial charge in [0, 0.05) is 31.2 Å². The molecule has 2 aliphatic rings. The summed E-state index contributed by atoms with van der Waals surface area (Å²) in [7, 11) is 0. The topological polar surface area (TPSA) is 58.4 Å². The summed E-state index contributed by atoms with van der Waals surface area (Å²) in [5.74, 6) is 0.939. The van der Waals surface area contributed by atoms with Crippen molar-refractivity contribution < 1.29 is 9.32 Å². The lowest BCUT2D eigenvalue weighted by molar-refractivity contribution is 0.0639. The second kappa shape index (κ2) is 3.84. The molecular formula is C12H17N3O2. The van der Waals surface area contributed by atoms with Crippen LogP contribution in [-0.4, -0.2) is 41.1 Å².